The van der Waals surface area contributed by atoms with E-state index in [-0.39, 0.29) is 17.4 Å². The molecule has 6 N–H and O–H groups in total. The van der Waals surface area contributed by atoms with Gasteiger partial charge in [0, 0.05) is 18.1 Å². The molecule has 0 saturated heterocycles. The van der Waals surface area contributed by atoms with Gasteiger partial charge in [0.25, 0.3) is 0 Å². The zero-order valence-electron chi connectivity index (χ0n) is 13.1. The Kier molecular flexibility index (Phi) is 23.5. The van der Waals surface area contributed by atoms with E-state index in [1.807, 2.05) is 0 Å². The second-order valence-corrected chi connectivity index (χ2v) is 4.00. The Labute approximate surface area is 141 Å². The first-order valence-electron chi connectivity index (χ1n) is 6.44. The summed E-state index contributed by atoms with van der Waals surface area (Å²) in [6.07, 6.45) is 1.30. The van der Waals surface area contributed by atoms with Gasteiger partial charge in [-0.05, 0) is 19.3 Å². The minimum Gasteiger partial charge on any atom is -0.548 e. The van der Waals surface area contributed by atoms with Crippen LogP contribution < -0.4 is 32.5 Å². The van der Waals surface area contributed by atoms with E-state index in [1.54, 1.807) is 20.8 Å². The predicted molar refractivity (Wildman–Crippen MR) is 75.6 cm³/mol. The molecule has 0 rings (SSSR count). The third kappa shape index (κ3) is 21.1. The quantitative estimate of drug-likeness (QED) is 0.398. The van der Waals surface area contributed by atoms with Gasteiger partial charge in [0.1, 0.15) is 0 Å². The van der Waals surface area contributed by atoms with Gasteiger partial charge in [-0.3, -0.25) is 0 Å². The molecule has 3 atom stereocenters. The molecule has 0 aliphatic rings. The molecule has 0 bridgehead atoms. The molecule has 0 aromatic carbocycles. The predicted octanol–water partition coefficient (Wildman–Crippen LogP) is -4.96. The van der Waals surface area contributed by atoms with Crippen LogP contribution in [-0.2, 0) is 14.4 Å². The van der Waals surface area contributed by atoms with Gasteiger partial charge >= 0.3 is 17.4 Å². The summed E-state index contributed by atoms with van der Waals surface area (Å²) in [4.78, 5) is 29.1. The molecule has 0 spiro atoms. The van der Waals surface area contributed by atoms with Crippen LogP contribution in [0.1, 0.15) is 40.0 Å². The zero-order chi connectivity index (χ0) is 17.6. The molecule has 10 heteroatoms. The normalized spacial score (nSPS) is 12.8. The zero-order valence-corrected chi connectivity index (χ0v) is 14.3. The smallest absolute Gasteiger partial charge is 0.548 e. The summed E-state index contributed by atoms with van der Waals surface area (Å²) in [7, 11) is 0. The third-order valence-electron chi connectivity index (χ3n) is 2.23. The summed E-state index contributed by atoms with van der Waals surface area (Å²) in [6, 6.07) is -2.38. The topological polar surface area (TPSA) is 198 Å². The molecule has 0 aliphatic heterocycles. The van der Waals surface area contributed by atoms with Crippen LogP contribution in [0.3, 0.4) is 0 Å². The molecule has 0 fully saturated rings. The van der Waals surface area contributed by atoms with Crippen molar-refractivity contribution in [2.75, 3.05) is 0 Å². The van der Waals surface area contributed by atoms with Crippen molar-refractivity contribution in [3.8, 4) is 0 Å². The molecule has 9 nitrogen and oxygen atoms in total. The maximum absolute atomic E-state index is 9.69. The summed E-state index contributed by atoms with van der Waals surface area (Å²) in [5.41, 5.74) is 14.9. The molecule has 0 aromatic heterocycles. The van der Waals surface area contributed by atoms with Crippen LogP contribution in [0, 0.1) is 0 Å². The van der Waals surface area contributed by atoms with Crippen molar-refractivity contribution < 1.29 is 29.7 Å². The minimum atomic E-state index is -1.18. The van der Waals surface area contributed by atoms with E-state index in [9.17, 15) is 29.7 Å². The van der Waals surface area contributed by atoms with Gasteiger partial charge in [-0.2, -0.15) is 0 Å². The summed E-state index contributed by atoms with van der Waals surface area (Å²) in [6.45, 7) is 5.08. The molecule has 0 amide bonds. The molecule has 0 aliphatic carbocycles. The molecule has 0 radical (unpaired) electrons. The summed E-state index contributed by atoms with van der Waals surface area (Å²) in [5.74, 6) is -3.53. The third-order valence-corrected chi connectivity index (χ3v) is 2.23. The Balaban J connectivity index is -0.000000108. The average Bonchev–Trinajstić information content (AvgIpc) is 2.45. The Hall–Kier alpha value is -1.18. The van der Waals surface area contributed by atoms with Gasteiger partial charge in [0.15, 0.2) is 0 Å². The van der Waals surface area contributed by atoms with Crippen LogP contribution in [0.4, 0.5) is 0 Å². The standard InChI is InChI=1S/3C4H9NO2.Al/c3*1-2-3(5)4(6)7;/h3*3H,2,5H2,1H3,(H,6,7);/q;;;+3/p-3. The van der Waals surface area contributed by atoms with Crippen molar-refractivity contribution in [3.05, 3.63) is 0 Å². The number of rotatable bonds is 6. The number of hydrogen-bond donors (Lipinski definition) is 3. The van der Waals surface area contributed by atoms with E-state index < -0.39 is 36.0 Å². The number of carbonyl (C=O) groups excluding carboxylic acids is 3. The van der Waals surface area contributed by atoms with E-state index in [0.717, 1.165) is 0 Å². The molecule has 0 saturated carbocycles. The number of nitrogens with two attached hydrogens (primary N) is 3. The molecule has 3 unspecified atom stereocenters. The van der Waals surface area contributed by atoms with E-state index in [0.29, 0.717) is 19.3 Å². The number of carbonyl (C=O) groups is 3. The Morgan fingerprint density at radius 1 is 0.682 bits per heavy atom. The van der Waals surface area contributed by atoms with Crippen molar-refractivity contribution in [2.24, 2.45) is 17.2 Å². The summed E-state index contributed by atoms with van der Waals surface area (Å²) >= 11 is 0. The molecule has 126 valence electrons. The monoisotopic (exact) mass is 333 g/mol. The van der Waals surface area contributed by atoms with E-state index in [1.165, 1.54) is 0 Å². The van der Waals surface area contributed by atoms with Crippen molar-refractivity contribution in [3.63, 3.8) is 0 Å². The van der Waals surface area contributed by atoms with Gasteiger partial charge in [-0.25, -0.2) is 0 Å². The molecule has 22 heavy (non-hydrogen) atoms. The van der Waals surface area contributed by atoms with Crippen LogP contribution in [0.25, 0.3) is 0 Å². The maximum Gasteiger partial charge on any atom is 3.00 e. The van der Waals surface area contributed by atoms with Crippen LogP contribution in [0.5, 0.6) is 0 Å². The van der Waals surface area contributed by atoms with Crippen molar-refractivity contribution in [1.82, 2.24) is 0 Å². The fourth-order valence-electron chi connectivity index (χ4n) is 0.500. The summed E-state index contributed by atoms with van der Waals surface area (Å²) in [5, 5.41) is 29.1. The second kappa shape index (κ2) is 17.9. The molecular weight excluding hydrogens is 309 g/mol. The van der Waals surface area contributed by atoms with Crippen molar-refractivity contribution in [1.29, 1.82) is 0 Å². The molecular formula is C12H24AlN3O6. The van der Waals surface area contributed by atoms with E-state index >= 15 is 0 Å². The number of carboxylic acid groups (broad SMARTS) is 3. The fraction of sp³-hybridized carbons (Fsp3) is 0.750. The second-order valence-electron chi connectivity index (χ2n) is 4.00. The fourth-order valence-corrected chi connectivity index (χ4v) is 0.500. The van der Waals surface area contributed by atoms with Gasteiger partial charge < -0.3 is 46.9 Å². The Bertz CT molecular complexity index is 270. The van der Waals surface area contributed by atoms with Crippen LogP contribution in [0.2, 0.25) is 0 Å². The van der Waals surface area contributed by atoms with E-state index in [4.69, 9.17) is 17.2 Å². The number of aliphatic carboxylic acids is 3. The maximum atomic E-state index is 9.69. The van der Waals surface area contributed by atoms with Crippen LogP contribution >= 0.6 is 0 Å². The minimum absolute atomic E-state index is 0. The first kappa shape index (κ1) is 28.9. The van der Waals surface area contributed by atoms with Gasteiger partial charge in [-0.1, -0.05) is 20.8 Å². The van der Waals surface area contributed by atoms with Crippen LogP contribution in [0.15, 0.2) is 0 Å². The summed E-state index contributed by atoms with van der Waals surface area (Å²) < 4.78 is 0. The SMILES string of the molecule is CCC(N)C(=O)[O-].CCC(N)C(=O)[O-].CCC(N)C(=O)[O-].[Al+3]. The van der Waals surface area contributed by atoms with Crippen LogP contribution in [-0.4, -0.2) is 53.4 Å². The molecule has 0 aromatic rings. The number of hydrogen-bond acceptors (Lipinski definition) is 9. The van der Waals surface area contributed by atoms with Crippen molar-refractivity contribution in [2.45, 2.75) is 58.2 Å². The Morgan fingerprint density at radius 3 is 0.818 bits per heavy atom. The average molecular weight is 333 g/mol. The van der Waals surface area contributed by atoms with Gasteiger partial charge in [0.2, 0.25) is 0 Å². The first-order chi connectivity index (χ1) is 9.54. The first-order valence-corrected chi connectivity index (χ1v) is 6.44. The van der Waals surface area contributed by atoms with Crippen molar-refractivity contribution >= 4 is 35.3 Å². The van der Waals surface area contributed by atoms with Gasteiger partial charge in [0.05, 0.1) is 17.9 Å². The molecule has 0 heterocycles. The van der Waals surface area contributed by atoms with Gasteiger partial charge in [-0.15, -0.1) is 0 Å². The van der Waals surface area contributed by atoms with E-state index in [2.05, 4.69) is 0 Å². The Morgan fingerprint density at radius 2 is 0.818 bits per heavy atom. The number of carboxylic acids is 3. The largest absolute Gasteiger partial charge is 3.00 e.